The molecular formula is C17H15Cl2NO3. The number of carbonyl (C=O) groups excluding carboxylic acids is 2. The maximum absolute atomic E-state index is 12.1. The average molecular weight is 352 g/mol. The molecule has 1 N–H and O–H groups in total. The van der Waals surface area contributed by atoms with E-state index in [1.54, 1.807) is 49.4 Å². The molecule has 0 heterocycles. The Morgan fingerprint density at radius 1 is 1.04 bits per heavy atom. The van der Waals surface area contributed by atoms with Crippen LogP contribution in [0.1, 0.15) is 24.2 Å². The Hall–Kier alpha value is -2.04. The number of rotatable bonds is 5. The van der Waals surface area contributed by atoms with Gasteiger partial charge in [-0.05, 0) is 56.3 Å². The Morgan fingerprint density at radius 3 is 2.13 bits per heavy atom. The first-order chi connectivity index (χ1) is 10.8. The monoisotopic (exact) mass is 351 g/mol. The number of hydrogen-bond donors (Lipinski definition) is 1. The Balaban J connectivity index is 2.00. The first kappa shape index (κ1) is 17.3. The number of benzene rings is 2. The Kier molecular flexibility index (Phi) is 5.64. The van der Waals surface area contributed by atoms with Gasteiger partial charge in [-0.3, -0.25) is 9.59 Å². The smallest absolute Gasteiger partial charge is 0.265 e. The quantitative estimate of drug-likeness (QED) is 0.800. The van der Waals surface area contributed by atoms with Crippen molar-refractivity contribution in [2.45, 2.75) is 20.0 Å². The third kappa shape index (κ3) is 4.98. The Labute approximate surface area is 144 Å². The molecule has 1 amide bonds. The van der Waals surface area contributed by atoms with Crippen LogP contribution in [0.4, 0.5) is 5.69 Å². The van der Waals surface area contributed by atoms with Crippen molar-refractivity contribution in [3.05, 3.63) is 58.1 Å². The summed E-state index contributed by atoms with van der Waals surface area (Å²) in [6, 6.07) is 11.4. The minimum atomic E-state index is -0.739. The van der Waals surface area contributed by atoms with Gasteiger partial charge in [-0.2, -0.15) is 0 Å². The molecule has 0 aliphatic heterocycles. The van der Waals surface area contributed by atoms with E-state index in [1.165, 1.54) is 6.92 Å². The highest BCUT2D eigenvalue weighted by atomic mass is 35.5. The van der Waals surface area contributed by atoms with E-state index in [9.17, 15) is 9.59 Å². The lowest BCUT2D eigenvalue weighted by atomic mass is 10.1. The molecule has 0 bridgehead atoms. The van der Waals surface area contributed by atoms with E-state index in [0.29, 0.717) is 27.0 Å². The molecule has 0 saturated carbocycles. The zero-order valence-electron chi connectivity index (χ0n) is 12.6. The van der Waals surface area contributed by atoms with Crippen LogP contribution in [0, 0.1) is 0 Å². The van der Waals surface area contributed by atoms with E-state index in [2.05, 4.69) is 5.32 Å². The fourth-order valence-electron chi connectivity index (χ4n) is 1.89. The highest BCUT2D eigenvalue weighted by Crippen LogP contribution is 2.25. The molecule has 0 aliphatic rings. The first-order valence-electron chi connectivity index (χ1n) is 6.90. The summed E-state index contributed by atoms with van der Waals surface area (Å²) in [5, 5.41) is 3.58. The van der Waals surface area contributed by atoms with Gasteiger partial charge in [0.05, 0.1) is 0 Å². The van der Waals surface area contributed by atoms with Crippen LogP contribution in [0.5, 0.6) is 5.75 Å². The van der Waals surface area contributed by atoms with Crippen LogP contribution in [0.2, 0.25) is 10.0 Å². The molecule has 4 nitrogen and oxygen atoms in total. The molecule has 0 radical (unpaired) electrons. The molecule has 6 heteroatoms. The number of halogens is 2. The molecule has 2 aromatic carbocycles. The summed E-state index contributed by atoms with van der Waals surface area (Å²) in [5.74, 6) is 0.0613. The largest absolute Gasteiger partial charge is 0.481 e. The van der Waals surface area contributed by atoms with E-state index in [4.69, 9.17) is 27.9 Å². The molecule has 0 unspecified atom stereocenters. The van der Waals surface area contributed by atoms with E-state index in [1.807, 2.05) is 0 Å². The highest BCUT2D eigenvalue weighted by molar-refractivity contribution is 6.34. The van der Waals surface area contributed by atoms with Crippen LogP contribution in [-0.2, 0) is 4.79 Å². The molecule has 120 valence electrons. The van der Waals surface area contributed by atoms with Crippen LogP contribution >= 0.6 is 23.2 Å². The number of Topliss-reactive ketones (excluding diaryl/α,β-unsaturated/α-hetero) is 1. The molecule has 0 spiro atoms. The summed E-state index contributed by atoms with van der Waals surface area (Å²) in [6.07, 6.45) is -0.739. The maximum Gasteiger partial charge on any atom is 0.265 e. The van der Waals surface area contributed by atoms with Gasteiger partial charge in [-0.25, -0.2) is 0 Å². The normalized spacial score (nSPS) is 11.7. The fourth-order valence-corrected chi connectivity index (χ4v) is 2.39. The average Bonchev–Trinajstić information content (AvgIpc) is 2.46. The molecule has 0 saturated heterocycles. The van der Waals surface area contributed by atoms with Crippen molar-refractivity contribution in [3.8, 4) is 5.75 Å². The topological polar surface area (TPSA) is 55.4 Å². The van der Waals surface area contributed by atoms with Gasteiger partial charge >= 0.3 is 0 Å². The molecule has 23 heavy (non-hydrogen) atoms. The Morgan fingerprint density at radius 2 is 1.61 bits per heavy atom. The van der Waals surface area contributed by atoms with Crippen LogP contribution in [0.3, 0.4) is 0 Å². The first-order valence-corrected chi connectivity index (χ1v) is 7.65. The van der Waals surface area contributed by atoms with Crippen molar-refractivity contribution in [3.63, 3.8) is 0 Å². The number of anilines is 1. The zero-order chi connectivity index (χ0) is 17.0. The van der Waals surface area contributed by atoms with E-state index < -0.39 is 6.10 Å². The summed E-state index contributed by atoms with van der Waals surface area (Å²) >= 11 is 11.8. The van der Waals surface area contributed by atoms with Crippen molar-refractivity contribution in [1.82, 2.24) is 0 Å². The molecule has 0 fully saturated rings. The summed E-state index contributed by atoms with van der Waals surface area (Å²) in [7, 11) is 0. The predicted molar refractivity (Wildman–Crippen MR) is 91.6 cm³/mol. The lowest BCUT2D eigenvalue weighted by molar-refractivity contribution is -0.122. The van der Waals surface area contributed by atoms with Gasteiger partial charge < -0.3 is 10.1 Å². The molecule has 2 rings (SSSR count). The van der Waals surface area contributed by atoms with Crippen LogP contribution in [0.25, 0.3) is 0 Å². The van der Waals surface area contributed by atoms with Gasteiger partial charge in [0, 0.05) is 21.3 Å². The van der Waals surface area contributed by atoms with Crippen molar-refractivity contribution in [2.75, 3.05) is 5.32 Å². The number of amides is 1. The summed E-state index contributed by atoms with van der Waals surface area (Å²) < 4.78 is 5.54. The number of ketones is 1. The minimum Gasteiger partial charge on any atom is -0.481 e. The SMILES string of the molecule is CC(=O)c1ccc(NC(=O)[C@H](C)Oc2cc(Cl)cc(Cl)c2)cc1. The third-order valence-corrected chi connectivity index (χ3v) is 3.51. The lowest BCUT2D eigenvalue weighted by Crippen LogP contribution is -2.30. The minimum absolute atomic E-state index is 0.0302. The number of ether oxygens (including phenoxy) is 1. The lowest BCUT2D eigenvalue weighted by Gasteiger charge is -2.15. The van der Waals surface area contributed by atoms with Gasteiger partial charge in [0.1, 0.15) is 5.75 Å². The third-order valence-electron chi connectivity index (χ3n) is 3.08. The van der Waals surface area contributed by atoms with Crippen molar-refractivity contribution in [1.29, 1.82) is 0 Å². The maximum atomic E-state index is 12.1. The van der Waals surface area contributed by atoms with Gasteiger partial charge in [0.2, 0.25) is 0 Å². The second-order valence-corrected chi connectivity index (χ2v) is 5.86. The van der Waals surface area contributed by atoms with Gasteiger partial charge in [0.15, 0.2) is 11.9 Å². The number of hydrogen-bond acceptors (Lipinski definition) is 3. The Bertz CT molecular complexity index is 709. The highest BCUT2D eigenvalue weighted by Gasteiger charge is 2.15. The standard InChI is InChI=1S/C17H15Cl2NO3/c1-10(21)12-3-5-15(6-4-12)20-17(22)11(2)23-16-8-13(18)7-14(19)9-16/h3-9,11H,1-2H3,(H,20,22)/t11-/m0/s1. The second kappa shape index (κ2) is 7.49. The number of nitrogens with one attached hydrogen (secondary N) is 1. The molecule has 2 aromatic rings. The van der Waals surface area contributed by atoms with Crippen LogP contribution < -0.4 is 10.1 Å². The second-order valence-electron chi connectivity index (χ2n) is 4.99. The molecule has 1 atom stereocenters. The van der Waals surface area contributed by atoms with Gasteiger partial charge in [-0.1, -0.05) is 23.2 Å². The summed E-state index contributed by atoms with van der Waals surface area (Å²) in [4.78, 5) is 23.4. The molecular weight excluding hydrogens is 337 g/mol. The van der Waals surface area contributed by atoms with Gasteiger partial charge in [0.25, 0.3) is 5.91 Å². The molecule has 0 aromatic heterocycles. The predicted octanol–water partition coefficient (Wildman–Crippen LogP) is 4.60. The summed E-state index contributed by atoms with van der Waals surface area (Å²) in [6.45, 7) is 3.10. The van der Waals surface area contributed by atoms with Crippen molar-refractivity contribution < 1.29 is 14.3 Å². The van der Waals surface area contributed by atoms with E-state index in [0.717, 1.165) is 0 Å². The van der Waals surface area contributed by atoms with Crippen molar-refractivity contribution in [2.24, 2.45) is 0 Å². The van der Waals surface area contributed by atoms with Crippen molar-refractivity contribution >= 4 is 40.6 Å². The zero-order valence-corrected chi connectivity index (χ0v) is 14.1. The van der Waals surface area contributed by atoms with E-state index >= 15 is 0 Å². The fraction of sp³-hybridized carbons (Fsp3) is 0.176. The van der Waals surface area contributed by atoms with E-state index in [-0.39, 0.29) is 11.7 Å². The van der Waals surface area contributed by atoms with Crippen LogP contribution in [0.15, 0.2) is 42.5 Å². The summed E-state index contributed by atoms with van der Waals surface area (Å²) in [5.41, 5.74) is 1.17. The van der Waals surface area contributed by atoms with Crippen LogP contribution in [-0.4, -0.2) is 17.8 Å². The van der Waals surface area contributed by atoms with Gasteiger partial charge in [-0.15, -0.1) is 0 Å². The number of carbonyl (C=O) groups is 2. The molecule has 0 aliphatic carbocycles.